The van der Waals surface area contributed by atoms with Gasteiger partial charge in [0.25, 0.3) is 5.91 Å². The number of fused-ring (bicyclic) bond motifs is 4. The molecule has 0 saturated carbocycles. The molecule has 38 heavy (non-hydrogen) atoms. The van der Waals surface area contributed by atoms with E-state index in [4.69, 9.17) is 15.2 Å². The number of hydrogen-bond acceptors (Lipinski definition) is 7. The van der Waals surface area contributed by atoms with E-state index in [2.05, 4.69) is 38.7 Å². The number of nitrogens with two attached hydrogens (primary N) is 1. The molecule has 0 radical (unpaired) electrons. The van der Waals surface area contributed by atoms with Gasteiger partial charge in [-0.05, 0) is 37.5 Å². The molecule has 1 aromatic carbocycles. The number of anilines is 1. The molecule has 0 atom stereocenters. The maximum atomic E-state index is 12.9. The number of pyridine rings is 1. The van der Waals surface area contributed by atoms with Crippen LogP contribution in [-0.2, 0) is 19.6 Å². The Morgan fingerprint density at radius 1 is 1.08 bits per heavy atom. The number of rotatable bonds is 2. The lowest BCUT2D eigenvalue weighted by Crippen LogP contribution is -2.23. The van der Waals surface area contributed by atoms with Crippen molar-refractivity contribution in [3.63, 3.8) is 0 Å². The molecule has 10 nitrogen and oxygen atoms in total. The summed E-state index contributed by atoms with van der Waals surface area (Å²) in [5, 5.41) is 11.7. The number of carbonyl (C=O) groups excluding carboxylic acids is 1. The molecule has 1 aliphatic heterocycles. The van der Waals surface area contributed by atoms with Crippen LogP contribution in [0.25, 0.3) is 0 Å². The topological polar surface area (TPSA) is 122 Å². The van der Waals surface area contributed by atoms with Gasteiger partial charge in [-0.1, -0.05) is 24.3 Å². The average Bonchev–Trinajstić information content (AvgIpc) is 3.58. The molecule has 2 bridgehead atoms. The number of aryl methyl sites for hydroxylation is 1. The van der Waals surface area contributed by atoms with Crippen molar-refractivity contribution in [3.05, 3.63) is 95.2 Å². The van der Waals surface area contributed by atoms with Gasteiger partial charge in [-0.15, -0.1) is 0 Å². The lowest BCUT2D eigenvalue weighted by atomic mass is 10.1. The van der Waals surface area contributed by atoms with Gasteiger partial charge in [0.05, 0.1) is 38.1 Å². The molecule has 4 heterocycles. The summed E-state index contributed by atoms with van der Waals surface area (Å²) in [7, 11) is 0. The molecule has 3 N–H and O–H groups in total. The number of amides is 1. The molecule has 3 aromatic heterocycles. The first-order valence-electron chi connectivity index (χ1n) is 12.6. The smallest absolute Gasteiger partial charge is 0.254 e. The van der Waals surface area contributed by atoms with Crippen LogP contribution in [-0.4, -0.2) is 43.7 Å². The third kappa shape index (κ3) is 6.20. The molecular formula is C28H31N7O3. The van der Waals surface area contributed by atoms with Crippen LogP contribution in [0.1, 0.15) is 45.6 Å². The third-order valence-electron chi connectivity index (χ3n) is 6.25. The van der Waals surface area contributed by atoms with Crippen molar-refractivity contribution < 1.29 is 14.3 Å². The van der Waals surface area contributed by atoms with Crippen LogP contribution in [0.2, 0.25) is 0 Å². The molecular weight excluding hydrogens is 482 g/mol. The van der Waals surface area contributed by atoms with Gasteiger partial charge in [-0.3, -0.25) is 14.2 Å². The van der Waals surface area contributed by atoms with E-state index in [0.717, 1.165) is 41.0 Å². The monoisotopic (exact) mass is 513 g/mol. The van der Waals surface area contributed by atoms with Gasteiger partial charge >= 0.3 is 0 Å². The second-order valence-electron chi connectivity index (χ2n) is 9.11. The molecule has 0 unspecified atom stereocenters. The Morgan fingerprint density at radius 2 is 1.89 bits per heavy atom. The normalized spacial score (nSPS) is 15.4. The summed E-state index contributed by atoms with van der Waals surface area (Å²) >= 11 is 0. The first-order valence-corrected chi connectivity index (χ1v) is 12.6. The highest BCUT2D eigenvalue weighted by Crippen LogP contribution is 2.25. The Bertz CT molecular complexity index is 1430. The van der Waals surface area contributed by atoms with Gasteiger partial charge < -0.3 is 20.5 Å². The van der Waals surface area contributed by atoms with Gasteiger partial charge in [-0.2, -0.15) is 10.2 Å². The quantitative estimate of drug-likeness (QED) is 0.394. The van der Waals surface area contributed by atoms with Gasteiger partial charge in [0.15, 0.2) is 0 Å². The molecule has 0 aliphatic carbocycles. The third-order valence-corrected chi connectivity index (χ3v) is 6.25. The van der Waals surface area contributed by atoms with Crippen LogP contribution in [0.5, 0.6) is 11.5 Å². The number of nitrogens with one attached hydrogen (secondary N) is 1. The minimum atomic E-state index is -0.231. The molecule has 10 heteroatoms. The van der Waals surface area contributed by atoms with Crippen molar-refractivity contribution >= 4 is 11.7 Å². The number of nitrogen functional groups attached to an aromatic ring is 1. The van der Waals surface area contributed by atoms with Gasteiger partial charge in [0.1, 0.15) is 17.3 Å². The van der Waals surface area contributed by atoms with E-state index in [0.29, 0.717) is 43.4 Å². The van der Waals surface area contributed by atoms with Crippen molar-refractivity contribution in [1.29, 1.82) is 0 Å². The number of carbonyl (C=O) groups is 1. The first kappa shape index (κ1) is 25.1. The SMILES string of the molecule is Cc1nc(N)cc2c1CNC(=O)c1cnn(c1)Cc1ccc(Cn3cccn3)cc1OCC/C=C\CCO2. The Kier molecular flexibility index (Phi) is 7.67. The zero-order valence-electron chi connectivity index (χ0n) is 21.3. The van der Waals surface area contributed by atoms with Gasteiger partial charge in [0.2, 0.25) is 0 Å². The van der Waals surface area contributed by atoms with E-state index in [1.165, 1.54) is 0 Å². The van der Waals surface area contributed by atoms with Gasteiger partial charge in [-0.25, -0.2) is 4.98 Å². The van der Waals surface area contributed by atoms with E-state index in [9.17, 15) is 4.79 Å². The Morgan fingerprint density at radius 3 is 2.68 bits per heavy atom. The first-order chi connectivity index (χ1) is 18.5. The van der Waals surface area contributed by atoms with Crippen molar-refractivity contribution in [2.75, 3.05) is 18.9 Å². The number of benzene rings is 1. The Labute approximate surface area is 221 Å². The maximum absolute atomic E-state index is 12.9. The standard InChI is InChI=1S/C28H31N7O3/c1-20-24-16-30-28(36)23-15-32-35(19-23)18-22-8-7-21(17-34-10-6-9-31-34)13-25(22)37-11-4-2-3-5-12-38-26(24)14-27(29)33-20/h2-3,6-10,13-15,19H,4-5,11-12,16-18H2,1H3,(H2,29,33)(H,30,36)/b3-2-. The zero-order chi connectivity index (χ0) is 26.3. The highest BCUT2D eigenvalue weighted by atomic mass is 16.5. The molecule has 1 amide bonds. The van der Waals surface area contributed by atoms with E-state index in [1.807, 2.05) is 36.0 Å². The average molecular weight is 514 g/mol. The van der Waals surface area contributed by atoms with Crippen molar-refractivity contribution in [3.8, 4) is 11.5 Å². The Hall–Kier alpha value is -4.60. The fourth-order valence-electron chi connectivity index (χ4n) is 4.30. The predicted molar refractivity (Wildman–Crippen MR) is 143 cm³/mol. The zero-order valence-corrected chi connectivity index (χ0v) is 21.3. The molecule has 196 valence electrons. The summed E-state index contributed by atoms with van der Waals surface area (Å²) in [4.78, 5) is 17.2. The lowest BCUT2D eigenvalue weighted by Gasteiger charge is -2.14. The summed E-state index contributed by atoms with van der Waals surface area (Å²) in [6.07, 6.45) is 12.7. The molecule has 5 rings (SSSR count). The molecule has 4 aromatic rings. The largest absolute Gasteiger partial charge is 0.493 e. The minimum Gasteiger partial charge on any atom is -0.493 e. The van der Waals surface area contributed by atoms with E-state index >= 15 is 0 Å². The highest BCUT2D eigenvalue weighted by Gasteiger charge is 2.15. The fraction of sp³-hybridized carbons (Fsp3) is 0.286. The van der Waals surface area contributed by atoms with E-state index in [-0.39, 0.29) is 12.5 Å². The van der Waals surface area contributed by atoms with Crippen LogP contribution < -0.4 is 20.5 Å². The maximum Gasteiger partial charge on any atom is 0.254 e. The van der Waals surface area contributed by atoms with Crippen LogP contribution in [0.15, 0.2) is 67.3 Å². The van der Waals surface area contributed by atoms with Crippen LogP contribution >= 0.6 is 0 Å². The summed E-state index contributed by atoms with van der Waals surface area (Å²) in [5.41, 5.74) is 10.00. The van der Waals surface area contributed by atoms with Crippen LogP contribution in [0, 0.1) is 6.92 Å². The summed E-state index contributed by atoms with van der Waals surface area (Å²) in [6, 6.07) is 9.76. The number of hydrogen-bond donors (Lipinski definition) is 2. The summed E-state index contributed by atoms with van der Waals surface area (Å²) in [6.45, 7) is 4.26. The van der Waals surface area contributed by atoms with E-state index in [1.54, 1.807) is 29.3 Å². The number of ether oxygens (including phenoxy) is 2. The molecule has 0 saturated heterocycles. The van der Waals surface area contributed by atoms with Crippen molar-refractivity contribution in [2.24, 2.45) is 0 Å². The molecule has 0 fully saturated rings. The lowest BCUT2D eigenvalue weighted by molar-refractivity contribution is 0.0950. The Balaban J connectivity index is 1.38. The van der Waals surface area contributed by atoms with Crippen molar-refractivity contribution in [1.82, 2.24) is 29.9 Å². The van der Waals surface area contributed by atoms with Gasteiger partial charge in [0, 0.05) is 48.0 Å². The highest BCUT2D eigenvalue weighted by molar-refractivity contribution is 5.93. The van der Waals surface area contributed by atoms with Crippen LogP contribution in [0.4, 0.5) is 5.82 Å². The van der Waals surface area contributed by atoms with E-state index < -0.39 is 0 Å². The number of nitrogens with zero attached hydrogens (tertiary/aromatic N) is 5. The number of aromatic nitrogens is 5. The van der Waals surface area contributed by atoms with Crippen LogP contribution in [0.3, 0.4) is 0 Å². The molecule has 0 spiro atoms. The predicted octanol–water partition coefficient (Wildman–Crippen LogP) is 3.50. The van der Waals surface area contributed by atoms with Crippen molar-refractivity contribution in [2.45, 2.75) is 39.4 Å². The second-order valence-corrected chi connectivity index (χ2v) is 9.11. The minimum absolute atomic E-state index is 0.231. The second kappa shape index (κ2) is 11.6. The fourth-order valence-corrected chi connectivity index (χ4v) is 4.30. The molecule has 1 aliphatic rings. The summed E-state index contributed by atoms with van der Waals surface area (Å²) in [5.74, 6) is 1.57. The summed E-state index contributed by atoms with van der Waals surface area (Å²) < 4.78 is 15.8.